The molecule has 0 heterocycles. The molecule has 0 bridgehead atoms. The summed E-state index contributed by atoms with van der Waals surface area (Å²) in [5.74, 6) is -0.256. The normalized spacial score (nSPS) is 9.73. The van der Waals surface area contributed by atoms with E-state index in [1.54, 1.807) is 6.92 Å². The fourth-order valence-electron chi connectivity index (χ4n) is 1.35. The Labute approximate surface area is 85.9 Å². The lowest BCUT2D eigenvalue weighted by molar-refractivity contribution is -0.385. The van der Waals surface area contributed by atoms with Crippen LogP contribution in [0.4, 0.5) is 5.69 Å². The summed E-state index contributed by atoms with van der Waals surface area (Å²) in [5.41, 5.74) is 0.491. The van der Waals surface area contributed by atoms with E-state index in [-0.39, 0.29) is 22.6 Å². The van der Waals surface area contributed by atoms with E-state index in [4.69, 9.17) is 0 Å². The van der Waals surface area contributed by atoms with Crippen molar-refractivity contribution in [3.05, 3.63) is 38.9 Å². The summed E-state index contributed by atoms with van der Waals surface area (Å²) in [5, 5.41) is 10.6. The molecule has 0 unspecified atom stereocenters. The van der Waals surface area contributed by atoms with Crippen LogP contribution in [0.5, 0.6) is 0 Å². The van der Waals surface area contributed by atoms with Crippen LogP contribution in [0.2, 0.25) is 0 Å². The molecule has 0 fully saturated rings. The maximum atomic E-state index is 11.1. The van der Waals surface area contributed by atoms with Gasteiger partial charge in [0, 0.05) is 11.6 Å². The second-order valence-electron chi connectivity index (χ2n) is 3.16. The zero-order valence-corrected chi connectivity index (χ0v) is 8.31. The molecule has 0 aliphatic heterocycles. The molecule has 0 aliphatic carbocycles. The largest absolute Gasteiger partial charge is 0.298 e. The zero-order valence-electron chi connectivity index (χ0n) is 8.31. The maximum Gasteiger partial charge on any atom is 0.280 e. The minimum Gasteiger partial charge on any atom is -0.298 e. The molecule has 0 aliphatic rings. The lowest BCUT2D eigenvalue weighted by atomic mass is 10.0. The molecular formula is C10H9NO4. The smallest absolute Gasteiger partial charge is 0.280 e. The number of ketones is 1. The van der Waals surface area contributed by atoms with Crippen LogP contribution in [0.1, 0.15) is 33.2 Å². The van der Waals surface area contributed by atoms with Gasteiger partial charge in [-0.2, -0.15) is 0 Å². The molecule has 1 aromatic rings. The average Bonchev–Trinajstić information content (AvgIpc) is 2.16. The molecule has 15 heavy (non-hydrogen) atoms. The number of nitro groups is 1. The Morgan fingerprint density at radius 3 is 2.47 bits per heavy atom. The number of Topliss-reactive ketones (excluding diaryl/α,β-unsaturated/α-hetero) is 1. The molecule has 5 heteroatoms. The third kappa shape index (κ3) is 2.07. The quantitative estimate of drug-likeness (QED) is 0.328. The molecule has 0 aromatic heterocycles. The van der Waals surface area contributed by atoms with Gasteiger partial charge in [-0.05, 0) is 25.5 Å². The van der Waals surface area contributed by atoms with Crippen LogP contribution in [0.3, 0.4) is 0 Å². The summed E-state index contributed by atoms with van der Waals surface area (Å²) in [7, 11) is 0. The van der Waals surface area contributed by atoms with Gasteiger partial charge in [-0.25, -0.2) is 0 Å². The SMILES string of the molecule is CC(=O)c1cc([N+](=O)[O-])c(C=O)cc1C. The van der Waals surface area contributed by atoms with E-state index >= 15 is 0 Å². The lowest BCUT2D eigenvalue weighted by Gasteiger charge is -2.03. The maximum absolute atomic E-state index is 11.1. The van der Waals surface area contributed by atoms with E-state index in [9.17, 15) is 19.7 Å². The van der Waals surface area contributed by atoms with Gasteiger partial charge in [0.05, 0.1) is 10.5 Å². The van der Waals surface area contributed by atoms with Crippen LogP contribution in [0.25, 0.3) is 0 Å². The predicted molar refractivity (Wildman–Crippen MR) is 53.2 cm³/mol. The number of aldehydes is 1. The molecule has 5 nitrogen and oxygen atoms in total. The predicted octanol–water partition coefficient (Wildman–Crippen LogP) is 1.92. The van der Waals surface area contributed by atoms with Crippen molar-refractivity contribution in [3.63, 3.8) is 0 Å². The fraction of sp³-hybridized carbons (Fsp3) is 0.200. The average molecular weight is 207 g/mol. The van der Waals surface area contributed by atoms with Gasteiger partial charge < -0.3 is 0 Å². The highest BCUT2D eigenvalue weighted by Gasteiger charge is 2.17. The van der Waals surface area contributed by atoms with Gasteiger partial charge in [0.15, 0.2) is 12.1 Å². The summed E-state index contributed by atoms with van der Waals surface area (Å²) >= 11 is 0. The van der Waals surface area contributed by atoms with Gasteiger partial charge in [-0.15, -0.1) is 0 Å². The van der Waals surface area contributed by atoms with Gasteiger partial charge in [0.2, 0.25) is 0 Å². The lowest BCUT2D eigenvalue weighted by Crippen LogP contribution is -2.02. The van der Waals surface area contributed by atoms with Gasteiger partial charge in [0.1, 0.15) is 0 Å². The highest BCUT2D eigenvalue weighted by Crippen LogP contribution is 2.22. The highest BCUT2D eigenvalue weighted by atomic mass is 16.6. The Hall–Kier alpha value is -2.04. The number of carbonyl (C=O) groups is 2. The first kappa shape index (κ1) is 11.0. The van der Waals surface area contributed by atoms with Crippen molar-refractivity contribution in [2.75, 3.05) is 0 Å². The summed E-state index contributed by atoms with van der Waals surface area (Å²) in [6.07, 6.45) is 0.412. The number of benzene rings is 1. The molecule has 0 saturated carbocycles. The number of aryl methyl sites for hydroxylation is 1. The minimum atomic E-state index is -0.671. The topological polar surface area (TPSA) is 77.3 Å². The Bertz CT molecular complexity index is 451. The van der Waals surface area contributed by atoms with Gasteiger partial charge >= 0.3 is 0 Å². The molecule has 1 rings (SSSR count). The standard InChI is InChI=1S/C10H9NO4/c1-6-3-8(5-12)10(11(14)15)4-9(6)7(2)13/h3-5H,1-2H3. The first-order chi connectivity index (χ1) is 6.97. The first-order valence-corrected chi connectivity index (χ1v) is 4.22. The number of nitrogens with zero attached hydrogens (tertiary/aromatic N) is 1. The van der Waals surface area contributed by atoms with Crippen molar-refractivity contribution in [2.24, 2.45) is 0 Å². The summed E-state index contributed by atoms with van der Waals surface area (Å²) < 4.78 is 0. The van der Waals surface area contributed by atoms with E-state index in [0.717, 1.165) is 6.07 Å². The van der Waals surface area contributed by atoms with E-state index in [2.05, 4.69) is 0 Å². The number of carbonyl (C=O) groups excluding carboxylic acids is 2. The van der Waals surface area contributed by atoms with Crippen LogP contribution in [0, 0.1) is 17.0 Å². The minimum absolute atomic E-state index is 0.0116. The summed E-state index contributed by atoms with van der Waals surface area (Å²) in [6.45, 7) is 2.96. The van der Waals surface area contributed by atoms with Crippen LogP contribution < -0.4 is 0 Å². The Kier molecular flexibility index (Phi) is 2.94. The van der Waals surface area contributed by atoms with Gasteiger partial charge in [-0.1, -0.05) is 0 Å². The van der Waals surface area contributed by atoms with Crippen molar-refractivity contribution >= 4 is 17.8 Å². The third-order valence-corrected chi connectivity index (χ3v) is 2.08. The Morgan fingerprint density at radius 2 is 2.07 bits per heavy atom. The number of hydrogen-bond acceptors (Lipinski definition) is 4. The molecule has 0 radical (unpaired) electrons. The van der Waals surface area contributed by atoms with Crippen LogP contribution >= 0.6 is 0 Å². The molecule has 0 atom stereocenters. The third-order valence-electron chi connectivity index (χ3n) is 2.08. The second kappa shape index (κ2) is 4.00. The van der Waals surface area contributed by atoms with Crippen molar-refractivity contribution in [2.45, 2.75) is 13.8 Å². The van der Waals surface area contributed by atoms with Crippen LogP contribution in [-0.4, -0.2) is 17.0 Å². The van der Waals surface area contributed by atoms with Crippen molar-refractivity contribution in [3.8, 4) is 0 Å². The van der Waals surface area contributed by atoms with Gasteiger partial charge in [0.25, 0.3) is 5.69 Å². The van der Waals surface area contributed by atoms with Crippen molar-refractivity contribution in [1.29, 1.82) is 0 Å². The van der Waals surface area contributed by atoms with E-state index in [0.29, 0.717) is 11.8 Å². The molecule has 0 N–H and O–H groups in total. The Balaban J connectivity index is 3.50. The molecule has 78 valence electrons. The number of nitro benzene ring substituents is 1. The molecule has 0 amide bonds. The molecule has 1 aromatic carbocycles. The molecule has 0 saturated heterocycles. The number of rotatable bonds is 3. The first-order valence-electron chi connectivity index (χ1n) is 4.22. The van der Waals surface area contributed by atoms with Crippen molar-refractivity contribution < 1.29 is 14.5 Å². The molecular weight excluding hydrogens is 198 g/mol. The summed E-state index contributed by atoms with van der Waals surface area (Å²) in [6, 6.07) is 2.49. The van der Waals surface area contributed by atoms with Crippen LogP contribution in [0.15, 0.2) is 12.1 Å². The monoisotopic (exact) mass is 207 g/mol. The Morgan fingerprint density at radius 1 is 1.47 bits per heavy atom. The second-order valence-corrected chi connectivity index (χ2v) is 3.16. The van der Waals surface area contributed by atoms with Gasteiger partial charge in [-0.3, -0.25) is 19.7 Å². The zero-order chi connectivity index (χ0) is 11.6. The molecule has 0 spiro atoms. The highest BCUT2D eigenvalue weighted by molar-refractivity contribution is 5.97. The van der Waals surface area contributed by atoms with E-state index < -0.39 is 4.92 Å². The van der Waals surface area contributed by atoms with Crippen molar-refractivity contribution in [1.82, 2.24) is 0 Å². The number of hydrogen-bond donors (Lipinski definition) is 0. The van der Waals surface area contributed by atoms with Crippen LogP contribution in [-0.2, 0) is 0 Å². The summed E-state index contributed by atoms with van der Waals surface area (Å²) in [4.78, 5) is 31.6. The fourth-order valence-corrected chi connectivity index (χ4v) is 1.35. The van der Waals surface area contributed by atoms with E-state index in [1.165, 1.54) is 13.0 Å². The van der Waals surface area contributed by atoms with E-state index in [1.807, 2.05) is 0 Å².